The summed E-state index contributed by atoms with van der Waals surface area (Å²) in [4.78, 5) is 0. The van der Waals surface area contributed by atoms with Crippen LogP contribution < -0.4 is 10.5 Å². The van der Waals surface area contributed by atoms with Crippen molar-refractivity contribution in [1.29, 1.82) is 0 Å². The summed E-state index contributed by atoms with van der Waals surface area (Å²) in [5, 5.41) is 0.610. The summed E-state index contributed by atoms with van der Waals surface area (Å²) in [5.41, 5.74) is 5.61. The first-order valence-corrected chi connectivity index (χ1v) is 6.16. The molecule has 1 atom stereocenters. The molecular weight excluding hydrogens is 277 g/mol. The Morgan fingerprint density at radius 1 is 1.53 bits per heavy atom. The highest BCUT2D eigenvalue weighted by molar-refractivity contribution is 9.10. The molecule has 15 heavy (non-hydrogen) atoms. The number of benzene rings is 1. The van der Waals surface area contributed by atoms with Crippen LogP contribution >= 0.6 is 27.5 Å². The second kappa shape index (κ2) is 6.36. The van der Waals surface area contributed by atoms with E-state index < -0.39 is 0 Å². The van der Waals surface area contributed by atoms with Gasteiger partial charge >= 0.3 is 0 Å². The van der Waals surface area contributed by atoms with Crippen LogP contribution in [0, 0.1) is 0 Å². The first-order chi connectivity index (χ1) is 7.17. The average Bonchev–Trinajstić information content (AvgIpc) is 2.21. The van der Waals surface area contributed by atoms with E-state index in [1.54, 1.807) is 0 Å². The summed E-state index contributed by atoms with van der Waals surface area (Å²) in [7, 11) is 0. The molecule has 0 heterocycles. The third kappa shape index (κ3) is 4.01. The maximum absolute atomic E-state index is 6.03. The molecule has 1 unspecified atom stereocenters. The fraction of sp³-hybridized carbons (Fsp3) is 0.455. The minimum atomic E-state index is 0.0497. The standard InChI is InChI=1S/C11H15BrClNO/c1-2-3-9(7-14)15-11-5-4-8(12)6-10(11)13/h4-6,9H,2-3,7,14H2,1H3. The van der Waals surface area contributed by atoms with E-state index in [2.05, 4.69) is 22.9 Å². The molecule has 1 aromatic rings. The normalized spacial score (nSPS) is 12.5. The molecule has 0 aliphatic carbocycles. The highest BCUT2D eigenvalue weighted by Gasteiger charge is 2.09. The number of ether oxygens (including phenoxy) is 1. The van der Waals surface area contributed by atoms with Crippen molar-refractivity contribution in [3.05, 3.63) is 27.7 Å². The van der Waals surface area contributed by atoms with Crippen molar-refractivity contribution in [1.82, 2.24) is 0 Å². The zero-order chi connectivity index (χ0) is 11.3. The summed E-state index contributed by atoms with van der Waals surface area (Å²) in [6, 6.07) is 5.57. The van der Waals surface area contributed by atoms with Crippen molar-refractivity contribution in [2.75, 3.05) is 6.54 Å². The van der Waals surface area contributed by atoms with Gasteiger partial charge in [-0.1, -0.05) is 40.9 Å². The Balaban J connectivity index is 2.70. The van der Waals surface area contributed by atoms with E-state index in [0.29, 0.717) is 17.3 Å². The van der Waals surface area contributed by atoms with Crippen molar-refractivity contribution in [3.8, 4) is 5.75 Å². The van der Waals surface area contributed by atoms with E-state index in [9.17, 15) is 0 Å². The first kappa shape index (κ1) is 12.8. The van der Waals surface area contributed by atoms with Gasteiger partial charge in [-0.05, 0) is 24.6 Å². The molecule has 1 rings (SSSR count). The van der Waals surface area contributed by atoms with Crippen LogP contribution in [0.5, 0.6) is 5.75 Å². The van der Waals surface area contributed by atoms with Crippen molar-refractivity contribution in [2.24, 2.45) is 5.73 Å². The minimum absolute atomic E-state index is 0.0497. The lowest BCUT2D eigenvalue weighted by Crippen LogP contribution is -2.26. The molecule has 84 valence electrons. The van der Waals surface area contributed by atoms with Crippen LogP contribution in [-0.4, -0.2) is 12.6 Å². The molecule has 0 aliphatic rings. The largest absolute Gasteiger partial charge is 0.488 e. The average molecular weight is 293 g/mol. The molecule has 0 aromatic heterocycles. The highest BCUT2D eigenvalue weighted by atomic mass is 79.9. The molecule has 1 aromatic carbocycles. The van der Waals surface area contributed by atoms with E-state index in [0.717, 1.165) is 17.3 Å². The molecular formula is C11H15BrClNO. The summed E-state index contributed by atoms with van der Waals surface area (Å²) in [6.07, 6.45) is 2.05. The molecule has 2 nitrogen and oxygen atoms in total. The van der Waals surface area contributed by atoms with Crippen molar-refractivity contribution >= 4 is 27.5 Å². The molecule has 0 spiro atoms. The second-order valence-corrected chi connectivity index (χ2v) is 4.66. The monoisotopic (exact) mass is 291 g/mol. The zero-order valence-electron chi connectivity index (χ0n) is 8.67. The predicted octanol–water partition coefficient (Wildman–Crippen LogP) is 3.61. The lowest BCUT2D eigenvalue weighted by Gasteiger charge is -2.17. The maximum atomic E-state index is 6.03. The third-order valence-electron chi connectivity index (χ3n) is 2.06. The SMILES string of the molecule is CCCC(CN)Oc1ccc(Br)cc1Cl. The number of rotatable bonds is 5. The molecule has 2 N–H and O–H groups in total. The predicted molar refractivity (Wildman–Crippen MR) is 67.5 cm³/mol. The molecule has 0 radical (unpaired) electrons. The summed E-state index contributed by atoms with van der Waals surface area (Å²) in [5.74, 6) is 0.698. The van der Waals surface area contributed by atoms with Gasteiger partial charge in [0.05, 0.1) is 5.02 Å². The number of hydrogen-bond acceptors (Lipinski definition) is 2. The Kier molecular flexibility index (Phi) is 5.43. The quantitative estimate of drug-likeness (QED) is 0.900. The van der Waals surface area contributed by atoms with Gasteiger partial charge in [0.2, 0.25) is 0 Å². The van der Waals surface area contributed by atoms with E-state index in [4.69, 9.17) is 22.1 Å². The maximum Gasteiger partial charge on any atom is 0.138 e. The van der Waals surface area contributed by atoms with Crippen LogP contribution in [0.2, 0.25) is 5.02 Å². The molecule has 4 heteroatoms. The Morgan fingerprint density at radius 3 is 2.80 bits per heavy atom. The smallest absolute Gasteiger partial charge is 0.138 e. The van der Waals surface area contributed by atoms with Gasteiger partial charge in [-0.15, -0.1) is 0 Å². The van der Waals surface area contributed by atoms with Gasteiger partial charge in [0.1, 0.15) is 11.9 Å². The van der Waals surface area contributed by atoms with Crippen LogP contribution in [0.4, 0.5) is 0 Å². The number of hydrogen-bond donors (Lipinski definition) is 1. The topological polar surface area (TPSA) is 35.2 Å². The fourth-order valence-electron chi connectivity index (χ4n) is 1.30. The van der Waals surface area contributed by atoms with Crippen molar-refractivity contribution in [2.45, 2.75) is 25.9 Å². The van der Waals surface area contributed by atoms with Crippen molar-refractivity contribution in [3.63, 3.8) is 0 Å². The first-order valence-electron chi connectivity index (χ1n) is 4.99. The lowest BCUT2D eigenvalue weighted by molar-refractivity contribution is 0.198. The van der Waals surface area contributed by atoms with Crippen LogP contribution in [-0.2, 0) is 0 Å². The highest BCUT2D eigenvalue weighted by Crippen LogP contribution is 2.28. The molecule has 0 saturated carbocycles. The van der Waals surface area contributed by atoms with Crippen LogP contribution in [0.25, 0.3) is 0 Å². The van der Waals surface area contributed by atoms with Gasteiger partial charge in [0.25, 0.3) is 0 Å². The Bertz CT molecular complexity index is 319. The van der Waals surface area contributed by atoms with Crippen molar-refractivity contribution < 1.29 is 4.74 Å². The van der Waals surface area contributed by atoms with Gasteiger partial charge < -0.3 is 10.5 Å². The number of nitrogens with two attached hydrogens (primary N) is 1. The van der Waals surface area contributed by atoms with Crippen LogP contribution in [0.15, 0.2) is 22.7 Å². The molecule has 0 saturated heterocycles. The molecule has 0 aliphatic heterocycles. The fourth-order valence-corrected chi connectivity index (χ4v) is 2.02. The van der Waals surface area contributed by atoms with E-state index in [1.165, 1.54) is 0 Å². The van der Waals surface area contributed by atoms with Crippen LogP contribution in [0.1, 0.15) is 19.8 Å². The molecule has 0 fully saturated rings. The number of halogens is 2. The molecule has 0 bridgehead atoms. The lowest BCUT2D eigenvalue weighted by atomic mass is 10.2. The van der Waals surface area contributed by atoms with Gasteiger partial charge in [0.15, 0.2) is 0 Å². The zero-order valence-corrected chi connectivity index (χ0v) is 11.0. The van der Waals surface area contributed by atoms with Gasteiger partial charge in [0, 0.05) is 11.0 Å². The molecule has 0 amide bonds. The Morgan fingerprint density at radius 2 is 2.27 bits per heavy atom. The van der Waals surface area contributed by atoms with Gasteiger partial charge in [-0.2, -0.15) is 0 Å². The summed E-state index contributed by atoms with van der Waals surface area (Å²) < 4.78 is 6.66. The van der Waals surface area contributed by atoms with Gasteiger partial charge in [-0.3, -0.25) is 0 Å². The minimum Gasteiger partial charge on any atom is -0.488 e. The van der Waals surface area contributed by atoms with E-state index >= 15 is 0 Å². The van der Waals surface area contributed by atoms with E-state index in [1.807, 2.05) is 18.2 Å². The van der Waals surface area contributed by atoms with Crippen LogP contribution in [0.3, 0.4) is 0 Å². The van der Waals surface area contributed by atoms with E-state index in [-0.39, 0.29) is 6.10 Å². The summed E-state index contributed by atoms with van der Waals surface area (Å²) in [6.45, 7) is 2.62. The second-order valence-electron chi connectivity index (χ2n) is 3.34. The summed E-state index contributed by atoms with van der Waals surface area (Å²) >= 11 is 9.38. The van der Waals surface area contributed by atoms with Gasteiger partial charge in [-0.25, -0.2) is 0 Å². The Hall–Kier alpha value is -0.250. The Labute approximate surface area is 104 Å². The third-order valence-corrected chi connectivity index (χ3v) is 2.85.